The van der Waals surface area contributed by atoms with Crippen LogP contribution in [0.3, 0.4) is 0 Å². The maximum atomic E-state index is 11.9. The molecule has 4 atom stereocenters. The van der Waals surface area contributed by atoms with Crippen molar-refractivity contribution < 1.29 is 9.53 Å². The van der Waals surface area contributed by atoms with E-state index in [-0.39, 0.29) is 22.9 Å². The Hall–Kier alpha value is -0.280. The van der Waals surface area contributed by atoms with Crippen molar-refractivity contribution in [3.8, 4) is 0 Å². The van der Waals surface area contributed by atoms with E-state index < -0.39 is 0 Å². The van der Waals surface area contributed by atoms with Crippen LogP contribution in [0.2, 0.25) is 0 Å². The van der Waals surface area contributed by atoms with Gasteiger partial charge in [-0.25, -0.2) is 0 Å². The molecule has 1 aliphatic carbocycles. The summed E-state index contributed by atoms with van der Waals surface area (Å²) in [7, 11) is 0. The van der Waals surface area contributed by atoms with Crippen LogP contribution < -0.4 is 0 Å². The highest BCUT2D eigenvalue weighted by Gasteiger charge is 2.58. The van der Waals surface area contributed by atoms with Gasteiger partial charge in [0.25, 0.3) is 0 Å². The Labute approximate surface area is 81.7 Å². The highest BCUT2D eigenvalue weighted by atomic mass is 32.2. The first-order valence-electron chi connectivity index (χ1n) is 4.73. The Morgan fingerprint density at radius 2 is 2.46 bits per heavy atom. The highest BCUT2D eigenvalue weighted by molar-refractivity contribution is 8.00. The van der Waals surface area contributed by atoms with Gasteiger partial charge in [0.1, 0.15) is 10.7 Å². The van der Waals surface area contributed by atoms with Crippen LogP contribution in [0.1, 0.15) is 12.8 Å². The molecule has 0 N–H and O–H groups in total. The summed E-state index contributed by atoms with van der Waals surface area (Å²) in [5.41, 5.74) is 0. The summed E-state index contributed by atoms with van der Waals surface area (Å²) in [6, 6.07) is 0. The average molecular weight is 196 g/mol. The average Bonchev–Trinajstić information content (AvgIpc) is 2.60. The second-order valence-corrected chi connectivity index (χ2v) is 5.05. The normalized spacial score (nSPS) is 51.8. The number of carbonyl (C=O) groups excluding carboxylic acids is 1. The van der Waals surface area contributed by atoms with E-state index in [4.69, 9.17) is 4.74 Å². The second-order valence-electron chi connectivity index (χ2n) is 4.01. The van der Waals surface area contributed by atoms with Gasteiger partial charge in [-0.2, -0.15) is 0 Å². The number of fused-ring (bicyclic) bond motifs is 6. The molecule has 70 valence electrons. The third-order valence-corrected chi connectivity index (χ3v) is 4.67. The molecule has 0 aromatic carbocycles. The third-order valence-electron chi connectivity index (χ3n) is 3.52. The van der Waals surface area contributed by atoms with Crippen LogP contribution in [0.4, 0.5) is 0 Å². The zero-order valence-corrected chi connectivity index (χ0v) is 8.34. The molecule has 1 saturated heterocycles. The monoisotopic (exact) mass is 196 g/mol. The third kappa shape index (κ3) is 0.821. The minimum absolute atomic E-state index is 0.0821. The lowest BCUT2D eigenvalue weighted by Crippen LogP contribution is -2.45. The van der Waals surface area contributed by atoms with Crippen LogP contribution in [-0.4, -0.2) is 23.1 Å². The second kappa shape index (κ2) is 2.39. The van der Waals surface area contributed by atoms with Crippen molar-refractivity contribution in [2.24, 2.45) is 11.8 Å². The largest absolute Gasteiger partial charge is 0.352 e. The summed E-state index contributed by atoms with van der Waals surface area (Å²) in [4.78, 5) is 11.6. The van der Waals surface area contributed by atoms with Crippen LogP contribution in [-0.2, 0) is 9.53 Å². The van der Waals surface area contributed by atoms with E-state index in [1.807, 2.05) is 6.26 Å². The van der Waals surface area contributed by atoms with Gasteiger partial charge in [0.2, 0.25) is 0 Å². The zero-order chi connectivity index (χ0) is 9.05. The SMILES string of the molecule is CSC12C=CC(O1)C1CCC2C1=O. The van der Waals surface area contributed by atoms with E-state index in [0.717, 1.165) is 12.8 Å². The quantitative estimate of drug-likeness (QED) is 0.596. The molecule has 2 heterocycles. The number of ketones is 1. The molecule has 4 unspecified atom stereocenters. The molecule has 2 nitrogen and oxygen atoms in total. The van der Waals surface area contributed by atoms with E-state index in [0.29, 0.717) is 5.78 Å². The standard InChI is InChI=1S/C10H12O2S/c1-13-10-5-4-8(12-10)6-2-3-7(10)9(6)11/h4-8H,2-3H2,1H3. The van der Waals surface area contributed by atoms with Crippen LogP contribution in [0.5, 0.6) is 0 Å². The summed E-state index contributed by atoms with van der Waals surface area (Å²) in [6.45, 7) is 0. The molecule has 3 rings (SSSR count). The Kier molecular flexibility index (Phi) is 1.48. The smallest absolute Gasteiger partial charge is 0.146 e. The lowest BCUT2D eigenvalue weighted by atomic mass is 9.94. The van der Waals surface area contributed by atoms with Gasteiger partial charge in [0.05, 0.1) is 12.0 Å². The number of thioether (sulfide) groups is 1. The van der Waals surface area contributed by atoms with Crippen LogP contribution in [0.25, 0.3) is 0 Å². The summed E-state index contributed by atoms with van der Waals surface area (Å²) in [5, 5.41) is 0. The van der Waals surface area contributed by atoms with Crippen molar-refractivity contribution in [2.75, 3.05) is 6.26 Å². The van der Waals surface area contributed by atoms with Crippen LogP contribution in [0.15, 0.2) is 12.2 Å². The summed E-state index contributed by atoms with van der Waals surface area (Å²) in [6.07, 6.45) is 8.34. The van der Waals surface area contributed by atoms with Gasteiger partial charge in [0.15, 0.2) is 0 Å². The fourth-order valence-electron chi connectivity index (χ4n) is 2.81. The Balaban J connectivity index is 2.08. The number of rotatable bonds is 1. The maximum Gasteiger partial charge on any atom is 0.146 e. The topological polar surface area (TPSA) is 26.3 Å². The van der Waals surface area contributed by atoms with Crippen LogP contribution in [0, 0.1) is 11.8 Å². The first-order chi connectivity index (χ1) is 6.27. The van der Waals surface area contributed by atoms with E-state index in [2.05, 4.69) is 12.2 Å². The van der Waals surface area contributed by atoms with Crippen molar-refractivity contribution in [3.63, 3.8) is 0 Å². The van der Waals surface area contributed by atoms with Gasteiger partial charge in [-0.3, -0.25) is 4.79 Å². The molecular formula is C10H12O2S. The molecule has 2 fully saturated rings. The van der Waals surface area contributed by atoms with Gasteiger partial charge < -0.3 is 4.74 Å². The molecule has 3 aliphatic rings. The van der Waals surface area contributed by atoms with Crippen molar-refractivity contribution in [1.82, 2.24) is 0 Å². The van der Waals surface area contributed by atoms with Gasteiger partial charge >= 0.3 is 0 Å². The maximum absolute atomic E-state index is 11.9. The summed E-state index contributed by atoms with van der Waals surface area (Å²) in [5.74, 6) is 0.738. The fraction of sp³-hybridized carbons (Fsp3) is 0.700. The minimum Gasteiger partial charge on any atom is -0.352 e. The predicted octanol–water partition coefficient (Wildman–Crippen LogP) is 1.61. The first-order valence-corrected chi connectivity index (χ1v) is 5.95. The molecule has 1 saturated carbocycles. The molecular weight excluding hydrogens is 184 g/mol. The molecule has 3 heteroatoms. The van der Waals surface area contributed by atoms with Crippen molar-refractivity contribution in [3.05, 3.63) is 12.2 Å². The number of Topliss-reactive ketones (excluding diaryl/α,β-unsaturated/α-hetero) is 1. The number of hydrogen-bond acceptors (Lipinski definition) is 3. The Bertz CT molecular complexity index is 299. The van der Waals surface area contributed by atoms with Crippen molar-refractivity contribution in [1.29, 1.82) is 0 Å². The van der Waals surface area contributed by atoms with Crippen molar-refractivity contribution >= 4 is 17.5 Å². The molecule has 4 bridgehead atoms. The van der Waals surface area contributed by atoms with Gasteiger partial charge in [-0.15, -0.1) is 11.8 Å². The van der Waals surface area contributed by atoms with Crippen LogP contribution >= 0.6 is 11.8 Å². The predicted molar refractivity (Wildman–Crippen MR) is 51.5 cm³/mol. The number of hydrogen-bond donors (Lipinski definition) is 0. The van der Waals surface area contributed by atoms with Gasteiger partial charge in [-0.1, -0.05) is 6.08 Å². The van der Waals surface area contributed by atoms with E-state index >= 15 is 0 Å². The molecule has 0 radical (unpaired) electrons. The number of carbonyl (C=O) groups is 1. The molecule has 0 spiro atoms. The number of ether oxygens (including phenoxy) is 1. The lowest BCUT2D eigenvalue weighted by Gasteiger charge is -2.36. The van der Waals surface area contributed by atoms with Gasteiger partial charge in [-0.05, 0) is 25.2 Å². The lowest BCUT2D eigenvalue weighted by molar-refractivity contribution is -0.141. The van der Waals surface area contributed by atoms with Gasteiger partial charge in [0, 0.05) is 5.92 Å². The van der Waals surface area contributed by atoms with Crippen molar-refractivity contribution in [2.45, 2.75) is 23.9 Å². The molecule has 0 aromatic heterocycles. The Morgan fingerprint density at radius 1 is 1.62 bits per heavy atom. The summed E-state index contributed by atoms with van der Waals surface area (Å²) >= 11 is 1.67. The summed E-state index contributed by atoms with van der Waals surface area (Å²) < 4.78 is 5.92. The molecule has 0 aromatic rings. The highest BCUT2D eigenvalue weighted by Crippen LogP contribution is 2.53. The minimum atomic E-state index is -0.297. The molecule has 0 amide bonds. The molecule has 13 heavy (non-hydrogen) atoms. The first kappa shape index (κ1) is 8.06. The van der Waals surface area contributed by atoms with E-state index in [9.17, 15) is 4.79 Å². The Morgan fingerprint density at radius 3 is 3.23 bits per heavy atom. The zero-order valence-electron chi connectivity index (χ0n) is 7.53. The fourth-order valence-corrected chi connectivity index (χ4v) is 3.75. The molecule has 2 aliphatic heterocycles. The van der Waals surface area contributed by atoms with E-state index in [1.54, 1.807) is 11.8 Å². The van der Waals surface area contributed by atoms with E-state index in [1.165, 1.54) is 0 Å².